The average Bonchev–Trinajstić information content (AvgIpc) is 3.25. The molecule has 4 aromatic rings. The summed E-state index contributed by atoms with van der Waals surface area (Å²) in [4.78, 5) is 60.5. The molecule has 0 radical (unpaired) electrons. The number of methoxy groups -OCH3 is 1. The van der Waals surface area contributed by atoms with Crippen LogP contribution in [-0.4, -0.2) is 80.3 Å². The van der Waals surface area contributed by atoms with Crippen molar-refractivity contribution in [1.29, 1.82) is 0 Å². The van der Waals surface area contributed by atoms with Crippen molar-refractivity contribution in [3.8, 4) is 16.9 Å². The summed E-state index contributed by atoms with van der Waals surface area (Å²) >= 11 is 0. The first-order chi connectivity index (χ1) is 23.3. The first kappa shape index (κ1) is 32.2. The van der Waals surface area contributed by atoms with E-state index in [9.17, 15) is 19.2 Å². The molecule has 2 heterocycles. The largest absolute Gasteiger partial charge is 0.495 e. The molecule has 1 saturated heterocycles. The van der Waals surface area contributed by atoms with Crippen LogP contribution in [0.3, 0.4) is 0 Å². The Hall–Kier alpha value is -5.70. The van der Waals surface area contributed by atoms with Gasteiger partial charge in [0.1, 0.15) is 5.75 Å². The molecule has 48 heavy (non-hydrogen) atoms. The summed E-state index contributed by atoms with van der Waals surface area (Å²) < 4.78 is 5.63. The number of anilines is 3. The van der Waals surface area contributed by atoms with Crippen LogP contribution in [0, 0.1) is 6.92 Å². The minimum absolute atomic E-state index is 0.00497. The zero-order valence-corrected chi connectivity index (χ0v) is 27.2. The Morgan fingerprint density at radius 2 is 1.52 bits per heavy atom. The van der Waals surface area contributed by atoms with Gasteiger partial charge in [-0.15, -0.1) is 0 Å². The molecule has 0 spiro atoms. The van der Waals surface area contributed by atoms with E-state index in [1.54, 1.807) is 53.4 Å². The number of nitrogens with one attached hydrogen (secondary N) is 1. The van der Waals surface area contributed by atoms with Crippen LogP contribution >= 0.6 is 0 Å². The highest BCUT2D eigenvalue weighted by atomic mass is 16.5. The number of hydrogen-bond donors (Lipinski definition) is 1. The highest BCUT2D eigenvalue weighted by Gasteiger charge is 2.35. The standard InChI is InChI=1S/C38H37N5O5/c1-26-12-14-27(15-13-26)29-8-4-5-9-30(29)37(46)39-31-17-16-28(24-34(31)48-3)38(47)42-19-18-36(45)43(33-11-7-6-10-32(33)42)35(25-44)41-22-20-40(2)21-23-41/h4-17,24H,18-23H2,1-3H3,(H,39,46). The van der Waals surface area contributed by atoms with Crippen molar-refractivity contribution >= 4 is 40.7 Å². The van der Waals surface area contributed by atoms with Crippen LogP contribution in [0.4, 0.5) is 17.1 Å². The Kier molecular flexibility index (Phi) is 9.38. The van der Waals surface area contributed by atoms with Crippen molar-refractivity contribution in [3.63, 3.8) is 0 Å². The number of benzene rings is 4. The van der Waals surface area contributed by atoms with Gasteiger partial charge in [-0.25, -0.2) is 4.79 Å². The predicted molar refractivity (Wildman–Crippen MR) is 186 cm³/mol. The number of nitrogens with zero attached hydrogens (tertiary/aromatic N) is 4. The van der Waals surface area contributed by atoms with Gasteiger partial charge >= 0.3 is 0 Å². The summed E-state index contributed by atoms with van der Waals surface area (Å²) in [6.45, 7) is 4.77. The summed E-state index contributed by atoms with van der Waals surface area (Å²) in [6.07, 6.45) is 0.00497. The number of carbonyl (C=O) groups is 3. The van der Waals surface area contributed by atoms with Gasteiger partial charge in [0.25, 0.3) is 11.8 Å². The SMILES string of the molecule is COc1cc(C(=O)N2CCC(=O)N(C(=C=O)N3CCN(C)CC3)c3ccccc32)ccc1NC(=O)c1ccccc1-c1ccc(C)cc1. The predicted octanol–water partition coefficient (Wildman–Crippen LogP) is 5.23. The van der Waals surface area contributed by atoms with Crippen molar-refractivity contribution in [1.82, 2.24) is 9.80 Å². The van der Waals surface area contributed by atoms with E-state index >= 15 is 0 Å². The van der Waals surface area contributed by atoms with Crippen LogP contribution in [0.25, 0.3) is 11.1 Å². The van der Waals surface area contributed by atoms with Gasteiger partial charge in [0.2, 0.25) is 11.7 Å². The Morgan fingerprint density at radius 1 is 0.833 bits per heavy atom. The first-order valence-corrected chi connectivity index (χ1v) is 15.9. The molecule has 2 aliphatic rings. The number of likely N-dealkylation sites (N-methyl/N-ethyl adjacent to an activating group) is 1. The Morgan fingerprint density at radius 3 is 2.23 bits per heavy atom. The zero-order valence-electron chi connectivity index (χ0n) is 27.2. The maximum Gasteiger partial charge on any atom is 0.258 e. The summed E-state index contributed by atoms with van der Waals surface area (Å²) in [5, 5.41) is 2.95. The number of ether oxygens (including phenoxy) is 1. The molecule has 10 nitrogen and oxygen atoms in total. The zero-order chi connectivity index (χ0) is 33.8. The summed E-state index contributed by atoms with van der Waals surface area (Å²) in [7, 11) is 3.49. The van der Waals surface area contributed by atoms with Gasteiger partial charge in [-0.3, -0.25) is 19.3 Å². The lowest BCUT2D eigenvalue weighted by molar-refractivity contribution is -0.118. The highest BCUT2D eigenvalue weighted by molar-refractivity contribution is 6.13. The van der Waals surface area contributed by atoms with E-state index in [2.05, 4.69) is 10.2 Å². The number of para-hydroxylation sites is 2. The molecule has 244 valence electrons. The van der Waals surface area contributed by atoms with Crippen LogP contribution in [0.2, 0.25) is 0 Å². The maximum atomic E-state index is 14.1. The molecule has 0 atom stereocenters. The second kappa shape index (κ2) is 14.0. The van der Waals surface area contributed by atoms with E-state index < -0.39 is 0 Å². The number of aryl methyl sites for hydroxylation is 1. The Labute approximate surface area is 279 Å². The van der Waals surface area contributed by atoms with Crippen molar-refractivity contribution in [3.05, 3.63) is 114 Å². The average molecular weight is 644 g/mol. The monoisotopic (exact) mass is 643 g/mol. The van der Waals surface area contributed by atoms with Crippen molar-refractivity contribution < 1.29 is 23.9 Å². The molecule has 10 heteroatoms. The number of fused-ring (bicyclic) bond motifs is 1. The smallest absolute Gasteiger partial charge is 0.258 e. The fraction of sp³-hybridized carbons (Fsp3) is 0.237. The summed E-state index contributed by atoms with van der Waals surface area (Å²) in [6, 6.07) is 27.3. The van der Waals surface area contributed by atoms with Crippen molar-refractivity contribution in [2.75, 3.05) is 62.0 Å². The molecule has 4 aromatic carbocycles. The number of carbonyl (C=O) groups excluding carboxylic acids is 4. The molecule has 6 rings (SSSR count). The van der Waals surface area contributed by atoms with Gasteiger partial charge in [0, 0.05) is 50.3 Å². The Bertz CT molecular complexity index is 1910. The minimum atomic E-state index is -0.353. The highest BCUT2D eigenvalue weighted by Crippen LogP contribution is 2.37. The molecule has 0 unspecified atom stereocenters. The van der Waals surface area contributed by atoms with Crippen molar-refractivity contribution in [2.45, 2.75) is 13.3 Å². The number of rotatable bonds is 7. The lowest BCUT2D eigenvalue weighted by Crippen LogP contribution is -2.48. The van der Waals surface area contributed by atoms with Gasteiger partial charge in [-0.05, 0) is 61.5 Å². The van der Waals surface area contributed by atoms with E-state index in [-0.39, 0.29) is 36.5 Å². The van der Waals surface area contributed by atoms with Crippen LogP contribution in [0.5, 0.6) is 5.75 Å². The molecular weight excluding hydrogens is 606 g/mol. The minimum Gasteiger partial charge on any atom is -0.495 e. The van der Waals surface area contributed by atoms with Gasteiger partial charge in [-0.1, -0.05) is 60.2 Å². The first-order valence-electron chi connectivity index (χ1n) is 15.9. The molecule has 0 aliphatic carbocycles. The fourth-order valence-corrected chi connectivity index (χ4v) is 6.11. The van der Waals surface area contributed by atoms with Gasteiger partial charge in [0.15, 0.2) is 5.94 Å². The normalized spacial score (nSPS) is 14.9. The van der Waals surface area contributed by atoms with Crippen LogP contribution in [-0.2, 0) is 9.59 Å². The molecule has 1 fully saturated rings. The second-order valence-electron chi connectivity index (χ2n) is 11.9. The molecule has 2 aliphatic heterocycles. The van der Waals surface area contributed by atoms with Crippen LogP contribution in [0.15, 0.2) is 96.8 Å². The van der Waals surface area contributed by atoms with Gasteiger partial charge < -0.3 is 24.8 Å². The number of hydrogen-bond acceptors (Lipinski definition) is 7. The van der Waals surface area contributed by atoms with E-state index in [1.165, 1.54) is 12.0 Å². The van der Waals surface area contributed by atoms with Gasteiger partial charge in [0.05, 0.1) is 24.2 Å². The van der Waals surface area contributed by atoms with Crippen LogP contribution in [0.1, 0.15) is 32.7 Å². The molecule has 3 amide bonds. The van der Waals surface area contributed by atoms with E-state index in [4.69, 9.17) is 4.74 Å². The fourth-order valence-electron chi connectivity index (χ4n) is 6.11. The van der Waals surface area contributed by atoms with E-state index in [0.29, 0.717) is 47.0 Å². The summed E-state index contributed by atoms with van der Waals surface area (Å²) in [5.74, 6) is 1.52. The molecule has 0 aromatic heterocycles. The molecular formula is C38H37N5O5. The summed E-state index contributed by atoms with van der Waals surface area (Å²) in [5.41, 5.74) is 5.00. The quantitative estimate of drug-likeness (QED) is 0.276. The maximum absolute atomic E-state index is 14.1. The van der Waals surface area contributed by atoms with Crippen molar-refractivity contribution in [2.24, 2.45) is 0 Å². The van der Waals surface area contributed by atoms with Crippen LogP contribution < -0.4 is 19.9 Å². The lowest BCUT2D eigenvalue weighted by Gasteiger charge is -2.37. The second-order valence-corrected chi connectivity index (χ2v) is 11.9. The third-order valence-electron chi connectivity index (χ3n) is 8.79. The number of piperazine rings is 1. The van der Waals surface area contributed by atoms with E-state index in [1.807, 2.05) is 67.3 Å². The molecule has 0 saturated carbocycles. The number of amides is 3. The Balaban J connectivity index is 1.27. The third kappa shape index (κ3) is 6.44. The van der Waals surface area contributed by atoms with E-state index in [0.717, 1.165) is 29.8 Å². The van der Waals surface area contributed by atoms with Gasteiger partial charge in [-0.2, -0.15) is 0 Å². The molecule has 1 N–H and O–H groups in total. The topological polar surface area (TPSA) is 102 Å². The lowest BCUT2D eigenvalue weighted by atomic mass is 9.98. The molecule has 0 bridgehead atoms. The third-order valence-corrected chi connectivity index (χ3v) is 8.79.